The molecule has 34 heavy (non-hydrogen) atoms. The largest absolute Gasteiger partial charge is 0.455 e. The number of para-hydroxylation sites is 3. The Balaban J connectivity index is 1.60. The molecule has 0 saturated carbocycles. The topological polar surface area (TPSA) is 75.7 Å². The molecule has 4 rings (SSSR count). The van der Waals surface area contributed by atoms with Gasteiger partial charge in [0.1, 0.15) is 18.1 Å². The second-order valence-electron chi connectivity index (χ2n) is 7.26. The van der Waals surface area contributed by atoms with Gasteiger partial charge in [-0.05, 0) is 60.7 Å². The third-order valence-electron chi connectivity index (χ3n) is 4.87. The molecule has 0 unspecified atom stereocenters. The molecule has 0 aliphatic rings. The van der Waals surface area contributed by atoms with Gasteiger partial charge in [-0.2, -0.15) is 0 Å². The summed E-state index contributed by atoms with van der Waals surface area (Å²) in [5.41, 5.74) is 0.543. The highest BCUT2D eigenvalue weighted by molar-refractivity contribution is 7.92. The van der Waals surface area contributed by atoms with Gasteiger partial charge in [-0.15, -0.1) is 0 Å². The first kappa shape index (κ1) is 23.0. The Labute approximate surface area is 197 Å². The molecule has 0 aliphatic heterocycles. The minimum Gasteiger partial charge on any atom is -0.455 e. The summed E-state index contributed by atoms with van der Waals surface area (Å²) in [4.78, 5) is 13.0. The third-order valence-corrected chi connectivity index (χ3v) is 6.65. The first-order chi connectivity index (χ1) is 16.4. The number of sulfonamides is 1. The van der Waals surface area contributed by atoms with E-state index in [0.717, 1.165) is 16.4 Å². The van der Waals surface area contributed by atoms with Gasteiger partial charge < -0.3 is 10.1 Å². The summed E-state index contributed by atoms with van der Waals surface area (Å²) in [5, 5.41) is 2.72. The monoisotopic (exact) mass is 476 g/mol. The van der Waals surface area contributed by atoms with Crippen molar-refractivity contribution < 1.29 is 22.3 Å². The Morgan fingerprint density at radius 2 is 1.38 bits per heavy atom. The maximum Gasteiger partial charge on any atom is 0.264 e. The van der Waals surface area contributed by atoms with E-state index in [1.165, 1.54) is 24.3 Å². The van der Waals surface area contributed by atoms with Crippen molar-refractivity contribution >= 4 is 27.3 Å². The molecule has 0 aliphatic carbocycles. The van der Waals surface area contributed by atoms with E-state index in [-0.39, 0.29) is 10.6 Å². The number of halogens is 1. The predicted molar refractivity (Wildman–Crippen MR) is 129 cm³/mol. The van der Waals surface area contributed by atoms with Crippen LogP contribution in [0.15, 0.2) is 114 Å². The molecule has 172 valence electrons. The molecular formula is C26H21FN2O4S. The lowest BCUT2D eigenvalue weighted by Gasteiger charge is -2.24. The number of anilines is 2. The molecule has 1 N–H and O–H groups in total. The number of ether oxygens (including phenoxy) is 1. The molecule has 0 heterocycles. The number of rotatable bonds is 8. The van der Waals surface area contributed by atoms with Crippen molar-refractivity contribution in [3.63, 3.8) is 0 Å². The smallest absolute Gasteiger partial charge is 0.264 e. The van der Waals surface area contributed by atoms with Crippen LogP contribution in [0.25, 0.3) is 0 Å². The van der Waals surface area contributed by atoms with Crippen LogP contribution in [0.4, 0.5) is 15.8 Å². The molecule has 1 amide bonds. The zero-order valence-electron chi connectivity index (χ0n) is 18.0. The second kappa shape index (κ2) is 10.2. The number of nitrogens with one attached hydrogen (secondary N) is 1. The Kier molecular flexibility index (Phi) is 6.89. The first-order valence-corrected chi connectivity index (χ1v) is 11.8. The number of benzene rings is 4. The molecule has 8 heteroatoms. The zero-order valence-corrected chi connectivity index (χ0v) is 18.8. The van der Waals surface area contributed by atoms with Gasteiger partial charge in [0.05, 0.1) is 16.3 Å². The van der Waals surface area contributed by atoms with Gasteiger partial charge in [0, 0.05) is 0 Å². The van der Waals surface area contributed by atoms with E-state index >= 15 is 0 Å². The number of carbonyl (C=O) groups excluding carboxylic acids is 1. The van der Waals surface area contributed by atoms with Gasteiger partial charge >= 0.3 is 0 Å². The summed E-state index contributed by atoms with van der Waals surface area (Å²) in [5.74, 6) is -0.115. The molecule has 0 bridgehead atoms. The first-order valence-electron chi connectivity index (χ1n) is 10.4. The fraction of sp³-hybridized carbons (Fsp3) is 0.0385. The predicted octanol–water partition coefficient (Wildman–Crippen LogP) is 5.45. The lowest BCUT2D eigenvalue weighted by Crippen LogP contribution is -2.38. The van der Waals surface area contributed by atoms with E-state index in [2.05, 4.69) is 5.32 Å². The highest BCUT2D eigenvalue weighted by Gasteiger charge is 2.27. The summed E-state index contributed by atoms with van der Waals surface area (Å²) in [6, 6.07) is 28.6. The van der Waals surface area contributed by atoms with E-state index in [1.807, 2.05) is 18.2 Å². The van der Waals surface area contributed by atoms with E-state index in [9.17, 15) is 17.6 Å². The lowest BCUT2D eigenvalue weighted by atomic mass is 10.2. The molecule has 4 aromatic rings. The van der Waals surface area contributed by atoms with Crippen molar-refractivity contribution in [1.82, 2.24) is 0 Å². The number of amides is 1. The van der Waals surface area contributed by atoms with E-state index in [1.54, 1.807) is 54.6 Å². The van der Waals surface area contributed by atoms with Crippen LogP contribution >= 0.6 is 0 Å². The standard InChI is InChI=1S/C26H21FN2O4S/c27-20-15-17-21(18-16-20)29(34(31,32)23-11-5-2-6-12-23)19-26(30)28-24-13-7-8-14-25(24)33-22-9-3-1-4-10-22/h1-18H,19H2,(H,28,30). The van der Waals surface area contributed by atoms with Crippen LogP contribution in [0.1, 0.15) is 0 Å². The van der Waals surface area contributed by atoms with Gasteiger partial charge in [0.15, 0.2) is 5.75 Å². The Bertz CT molecular complexity index is 1360. The molecule has 0 aromatic heterocycles. The highest BCUT2D eigenvalue weighted by atomic mass is 32.2. The van der Waals surface area contributed by atoms with Crippen LogP contribution in [-0.2, 0) is 14.8 Å². The van der Waals surface area contributed by atoms with Gasteiger partial charge in [-0.25, -0.2) is 12.8 Å². The average Bonchev–Trinajstić information content (AvgIpc) is 2.85. The van der Waals surface area contributed by atoms with Crippen LogP contribution in [0.5, 0.6) is 11.5 Å². The third kappa shape index (κ3) is 5.41. The minimum atomic E-state index is -4.09. The summed E-state index contributed by atoms with van der Waals surface area (Å²) < 4.78 is 47.0. The van der Waals surface area contributed by atoms with Gasteiger partial charge in [-0.1, -0.05) is 48.5 Å². The quantitative estimate of drug-likeness (QED) is 0.367. The van der Waals surface area contributed by atoms with Gasteiger partial charge in [0.2, 0.25) is 5.91 Å². The van der Waals surface area contributed by atoms with E-state index in [4.69, 9.17) is 4.74 Å². The van der Waals surface area contributed by atoms with Crippen LogP contribution in [-0.4, -0.2) is 20.9 Å². The van der Waals surface area contributed by atoms with Crippen molar-refractivity contribution in [2.24, 2.45) is 0 Å². The summed E-state index contributed by atoms with van der Waals surface area (Å²) in [6.45, 7) is -0.525. The number of hydrogen-bond acceptors (Lipinski definition) is 4. The maximum atomic E-state index is 13.5. The van der Waals surface area contributed by atoms with E-state index in [0.29, 0.717) is 17.2 Å². The van der Waals surface area contributed by atoms with Crippen LogP contribution < -0.4 is 14.4 Å². The number of carbonyl (C=O) groups is 1. The van der Waals surface area contributed by atoms with Crippen molar-refractivity contribution in [3.8, 4) is 11.5 Å². The molecular weight excluding hydrogens is 455 g/mol. The SMILES string of the molecule is O=C(CN(c1ccc(F)cc1)S(=O)(=O)c1ccccc1)Nc1ccccc1Oc1ccccc1. The average molecular weight is 477 g/mol. The molecule has 0 atom stereocenters. The van der Waals surface area contributed by atoms with Crippen molar-refractivity contribution in [2.75, 3.05) is 16.2 Å². The Morgan fingerprint density at radius 3 is 2.06 bits per heavy atom. The maximum absolute atomic E-state index is 13.5. The zero-order chi connectivity index (χ0) is 24.0. The fourth-order valence-corrected chi connectivity index (χ4v) is 4.68. The molecule has 4 aromatic carbocycles. The van der Waals surface area contributed by atoms with Gasteiger partial charge in [-0.3, -0.25) is 9.10 Å². The summed E-state index contributed by atoms with van der Waals surface area (Å²) in [7, 11) is -4.09. The minimum absolute atomic E-state index is 0.0138. The van der Waals surface area contributed by atoms with Crippen LogP contribution in [0.3, 0.4) is 0 Å². The van der Waals surface area contributed by atoms with Crippen molar-refractivity contribution in [1.29, 1.82) is 0 Å². The highest BCUT2D eigenvalue weighted by Crippen LogP contribution is 2.30. The van der Waals surface area contributed by atoms with Crippen LogP contribution in [0, 0.1) is 5.82 Å². The van der Waals surface area contributed by atoms with E-state index < -0.39 is 28.3 Å². The molecule has 0 saturated heterocycles. The van der Waals surface area contributed by atoms with Crippen molar-refractivity contribution in [3.05, 3.63) is 115 Å². The van der Waals surface area contributed by atoms with Crippen LogP contribution in [0.2, 0.25) is 0 Å². The van der Waals surface area contributed by atoms with Crippen molar-refractivity contribution in [2.45, 2.75) is 4.90 Å². The Morgan fingerprint density at radius 1 is 0.794 bits per heavy atom. The molecule has 0 radical (unpaired) electrons. The number of nitrogens with zero attached hydrogens (tertiary/aromatic N) is 1. The summed E-state index contributed by atoms with van der Waals surface area (Å²) >= 11 is 0. The Hall–Kier alpha value is -4.17. The van der Waals surface area contributed by atoms with Gasteiger partial charge in [0.25, 0.3) is 10.0 Å². The lowest BCUT2D eigenvalue weighted by molar-refractivity contribution is -0.114. The normalized spacial score (nSPS) is 11.0. The summed E-state index contributed by atoms with van der Waals surface area (Å²) in [6.07, 6.45) is 0. The fourth-order valence-electron chi connectivity index (χ4n) is 3.24. The molecule has 6 nitrogen and oxygen atoms in total. The molecule has 0 fully saturated rings. The molecule has 0 spiro atoms. The second-order valence-corrected chi connectivity index (χ2v) is 9.12. The number of hydrogen-bond donors (Lipinski definition) is 1.